The van der Waals surface area contributed by atoms with Gasteiger partial charge in [0.1, 0.15) is 0 Å². The molecule has 1 unspecified atom stereocenters. The molecule has 3 N–H and O–H groups in total. The highest BCUT2D eigenvalue weighted by atomic mass is 16.5. The van der Waals surface area contributed by atoms with Crippen LogP contribution < -0.4 is 11.1 Å². The van der Waals surface area contributed by atoms with Crippen LogP contribution in [0.5, 0.6) is 0 Å². The van der Waals surface area contributed by atoms with Crippen molar-refractivity contribution >= 4 is 17.6 Å². The van der Waals surface area contributed by atoms with Crippen molar-refractivity contribution in [3.63, 3.8) is 0 Å². The predicted molar refractivity (Wildman–Crippen MR) is 88.7 cm³/mol. The van der Waals surface area contributed by atoms with Gasteiger partial charge in [0.25, 0.3) is 0 Å². The molecule has 0 aromatic heterocycles. The third kappa shape index (κ3) is 4.83. The highest BCUT2D eigenvalue weighted by Gasteiger charge is 2.28. The largest absolute Gasteiger partial charge is 0.469 e. The van der Waals surface area contributed by atoms with Gasteiger partial charge in [0, 0.05) is 17.7 Å². The summed E-state index contributed by atoms with van der Waals surface area (Å²) >= 11 is 0. The topological polar surface area (TPSA) is 81.4 Å². The summed E-state index contributed by atoms with van der Waals surface area (Å²) in [6.45, 7) is 0.694. The lowest BCUT2D eigenvalue weighted by Gasteiger charge is -2.24. The van der Waals surface area contributed by atoms with Gasteiger partial charge in [-0.25, -0.2) is 0 Å². The fourth-order valence-corrected chi connectivity index (χ4v) is 2.51. The van der Waals surface area contributed by atoms with E-state index >= 15 is 0 Å². The first-order chi connectivity index (χ1) is 11.1. The van der Waals surface area contributed by atoms with E-state index in [9.17, 15) is 9.59 Å². The van der Waals surface area contributed by atoms with Gasteiger partial charge in [-0.3, -0.25) is 9.59 Å². The highest BCUT2D eigenvalue weighted by Crippen LogP contribution is 2.28. The lowest BCUT2D eigenvalue weighted by molar-refractivity contribution is -0.143. The van der Waals surface area contributed by atoms with Crippen molar-refractivity contribution < 1.29 is 14.3 Å². The Kier molecular flexibility index (Phi) is 6.19. The first-order valence-corrected chi connectivity index (χ1v) is 7.83. The average Bonchev–Trinajstić information content (AvgIpc) is 2.55. The van der Waals surface area contributed by atoms with Crippen molar-refractivity contribution in [2.45, 2.75) is 32.1 Å². The molecule has 5 heteroatoms. The molecule has 0 fully saturated rings. The number of esters is 1. The number of rotatable bonds is 5. The van der Waals surface area contributed by atoms with Crippen molar-refractivity contribution in [3.8, 4) is 11.8 Å². The molecule has 5 nitrogen and oxygen atoms in total. The van der Waals surface area contributed by atoms with E-state index in [0.29, 0.717) is 13.0 Å². The van der Waals surface area contributed by atoms with Crippen LogP contribution in [0.25, 0.3) is 0 Å². The van der Waals surface area contributed by atoms with E-state index in [1.165, 1.54) is 7.11 Å². The van der Waals surface area contributed by atoms with Crippen LogP contribution in [0.2, 0.25) is 0 Å². The molecule has 2 rings (SSSR count). The number of hydrogen-bond acceptors (Lipinski definition) is 4. The Morgan fingerprint density at radius 3 is 3.00 bits per heavy atom. The first-order valence-electron chi connectivity index (χ1n) is 7.83. The van der Waals surface area contributed by atoms with E-state index in [1.54, 1.807) is 0 Å². The number of amides is 1. The molecule has 0 spiro atoms. The van der Waals surface area contributed by atoms with E-state index in [2.05, 4.69) is 21.9 Å². The summed E-state index contributed by atoms with van der Waals surface area (Å²) < 4.78 is 4.64. The number of anilines is 1. The molecule has 122 valence electrons. The molecule has 1 aromatic carbocycles. The second kappa shape index (κ2) is 8.35. The Morgan fingerprint density at radius 2 is 2.26 bits per heavy atom. The number of methoxy groups -OCH3 is 1. The van der Waals surface area contributed by atoms with Gasteiger partial charge in [-0.15, -0.1) is 0 Å². The van der Waals surface area contributed by atoms with Crippen molar-refractivity contribution in [2.24, 2.45) is 11.7 Å². The molecule has 1 heterocycles. The van der Waals surface area contributed by atoms with E-state index in [-0.39, 0.29) is 24.2 Å². The van der Waals surface area contributed by atoms with Crippen LogP contribution in [-0.4, -0.2) is 25.5 Å². The molecular weight excluding hydrogens is 292 g/mol. The van der Waals surface area contributed by atoms with Gasteiger partial charge < -0.3 is 15.8 Å². The molecule has 1 aromatic rings. The minimum absolute atomic E-state index is 0.102. The average molecular weight is 314 g/mol. The lowest BCUT2D eigenvalue weighted by Crippen LogP contribution is -2.31. The second-order valence-corrected chi connectivity index (χ2v) is 5.59. The van der Waals surface area contributed by atoms with Gasteiger partial charge in [-0.2, -0.15) is 0 Å². The SMILES string of the molecule is COC(=O)CC1Cc2ccc(C#CCCCCN)cc2NC1=O. The van der Waals surface area contributed by atoms with Crippen LogP contribution >= 0.6 is 0 Å². The van der Waals surface area contributed by atoms with Crippen LogP contribution in [0.15, 0.2) is 18.2 Å². The lowest BCUT2D eigenvalue weighted by atomic mass is 9.90. The zero-order valence-electron chi connectivity index (χ0n) is 13.4. The molecule has 0 radical (unpaired) electrons. The molecule has 1 aliphatic heterocycles. The number of carbonyl (C=O) groups is 2. The maximum atomic E-state index is 12.1. The number of benzene rings is 1. The molecule has 1 amide bonds. The van der Waals surface area contributed by atoms with Crippen LogP contribution in [0, 0.1) is 17.8 Å². The van der Waals surface area contributed by atoms with Crippen molar-refractivity contribution in [2.75, 3.05) is 19.0 Å². The fraction of sp³-hybridized carbons (Fsp3) is 0.444. The second-order valence-electron chi connectivity index (χ2n) is 5.59. The number of hydrogen-bond donors (Lipinski definition) is 2. The number of nitrogens with one attached hydrogen (secondary N) is 1. The summed E-state index contributed by atoms with van der Waals surface area (Å²) in [6.07, 6.45) is 3.45. The van der Waals surface area contributed by atoms with Crippen LogP contribution in [0.3, 0.4) is 0 Å². The standard InChI is InChI=1S/C18H22N2O3/c1-23-17(21)12-15-11-14-8-7-13(6-4-2-3-5-9-19)10-16(14)20-18(15)22/h7-8,10,15H,2-3,5,9,11-12,19H2,1H3,(H,20,22). The quantitative estimate of drug-likeness (QED) is 0.494. The minimum atomic E-state index is -0.372. The zero-order valence-corrected chi connectivity index (χ0v) is 13.4. The normalized spacial score (nSPS) is 15.9. The van der Waals surface area contributed by atoms with Gasteiger partial charge in [0.2, 0.25) is 5.91 Å². The Bertz CT molecular complexity index is 643. The number of fused-ring (bicyclic) bond motifs is 1. The van der Waals surface area contributed by atoms with Gasteiger partial charge in [-0.1, -0.05) is 17.9 Å². The molecule has 0 bridgehead atoms. The molecule has 0 aliphatic carbocycles. The van der Waals surface area contributed by atoms with E-state index in [0.717, 1.165) is 36.1 Å². The highest BCUT2D eigenvalue weighted by molar-refractivity contribution is 5.97. The Morgan fingerprint density at radius 1 is 1.43 bits per heavy atom. The van der Waals surface area contributed by atoms with Crippen molar-refractivity contribution in [3.05, 3.63) is 29.3 Å². The Labute approximate surface area is 136 Å². The zero-order chi connectivity index (χ0) is 16.7. The molecule has 0 saturated carbocycles. The van der Waals surface area contributed by atoms with Gasteiger partial charge in [0.05, 0.1) is 19.4 Å². The molecule has 1 aliphatic rings. The molecule has 1 atom stereocenters. The van der Waals surface area contributed by atoms with Gasteiger partial charge >= 0.3 is 5.97 Å². The molecular formula is C18H22N2O3. The number of ether oxygens (including phenoxy) is 1. The monoisotopic (exact) mass is 314 g/mol. The van der Waals surface area contributed by atoms with Gasteiger partial charge in [-0.05, 0) is 43.5 Å². The maximum absolute atomic E-state index is 12.1. The maximum Gasteiger partial charge on any atom is 0.306 e. The molecule has 0 saturated heterocycles. The van der Waals surface area contributed by atoms with E-state index in [4.69, 9.17) is 5.73 Å². The smallest absolute Gasteiger partial charge is 0.306 e. The van der Waals surface area contributed by atoms with Crippen molar-refractivity contribution in [1.82, 2.24) is 0 Å². The summed E-state index contributed by atoms with van der Waals surface area (Å²) in [6, 6.07) is 5.79. The summed E-state index contributed by atoms with van der Waals surface area (Å²) in [5.41, 5.74) is 8.12. The fourth-order valence-electron chi connectivity index (χ4n) is 2.51. The van der Waals surface area contributed by atoms with E-state index < -0.39 is 0 Å². The third-order valence-corrected chi connectivity index (χ3v) is 3.83. The number of carbonyl (C=O) groups excluding carboxylic acids is 2. The number of nitrogens with two attached hydrogens (primary N) is 1. The number of unbranched alkanes of at least 4 members (excludes halogenated alkanes) is 2. The molecule has 23 heavy (non-hydrogen) atoms. The van der Waals surface area contributed by atoms with Crippen LogP contribution in [0.1, 0.15) is 36.8 Å². The van der Waals surface area contributed by atoms with E-state index in [1.807, 2.05) is 18.2 Å². The van der Waals surface area contributed by atoms with Crippen LogP contribution in [-0.2, 0) is 20.7 Å². The Balaban J connectivity index is 2.03. The Hall–Kier alpha value is -2.32. The minimum Gasteiger partial charge on any atom is -0.469 e. The summed E-state index contributed by atoms with van der Waals surface area (Å²) in [7, 11) is 1.33. The summed E-state index contributed by atoms with van der Waals surface area (Å²) in [5, 5.41) is 2.86. The third-order valence-electron chi connectivity index (χ3n) is 3.83. The summed E-state index contributed by atoms with van der Waals surface area (Å²) in [4.78, 5) is 23.4. The summed E-state index contributed by atoms with van der Waals surface area (Å²) in [5.74, 6) is 5.34. The first kappa shape index (κ1) is 17.0. The predicted octanol–water partition coefficient (Wildman–Crippen LogP) is 1.84. The van der Waals surface area contributed by atoms with Crippen LogP contribution in [0.4, 0.5) is 5.69 Å². The van der Waals surface area contributed by atoms with Gasteiger partial charge in [0.15, 0.2) is 0 Å². The van der Waals surface area contributed by atoms with Crippen molar-refractivity contribution in [1.29, 1.82) is 0 Å².